The zero-order valence-corrected chi connectivity index (χ0v) is 9.75. The van der Waals surface area contributed by atoms with Crippen LogP contribution in [-0.2, 0) is 4.79 Å². The van der Waals surface area contributed by atoms with Crippen LogP contribution in [0.2, 0.25) is 0 Å². The minimum atomic E-state index is -0.434. The Morgan fingerprint density at radius 3 is 2.62 bits per heavy atom. The second-order valence-corrected chi connectivity index (χ2v) is 4.12. The van der Waals surface area contributed by atoms with Crippen LogP contribution in [0.3, 0.4) is 0 Å². The maximum Gasteiger partial charge on any atom is 0.228 e. The van der Waals surface area contributed by atoms with Crippen molar-refractivity contribution in [1.82, 2.24) is 0 Å². The number of anilines is 1. The maximum atomic E-state index is 13.3. The van der Waals surface area contributed by atoms with E-state index in [1.165, 1.54) is 6.07 Å². The van der Waals surface area contributed by atoms with Crippen LogP contribution in [0, 0.1) is 18.7 Å². The number of nitrogens with one attached hydrogen (secondary N) is 1. The number of halogens is 1. The quantitative estimate of drug-likeness (QED) is 0.825. The number of hydrogen-bond acceptors (Lipinski definition) is 2. The van der Waals surface area contributed by atoms with Crippen molar-refractivity contribution in [1.29, 1.82) is 0 Å². The Kier molecular flexibility index (Phi) is 4.01. The van der Waals surface area contributed by atoms with Gasteiger partial charge in [-0.25, -0.2) is 4.39 Å². The zero-order valence-electron chi connectivity index (χ0n) is 9.75. The number of benzene rings is 1. The van der Waals surface area contributed by atoms with E-state index in [4.69, 9.17) is 5.73 Å². The van der Waals surface area contributed by atoms with E-state index in [9.17, 15) is 9.18 Å². The summed E-state index contributed by atoms with van der Waals surface area (Å²) < 4.78 is 13.3. The Morgan fingerprint density at radius 1 is 1.44 bits per heavy atom. The van der Waals surface area contributed by atoms with Gasteiger partial charge in [-0.05, 0) is 31.5 Å². The highest BCUT2D eigenvalue weighted by Crippen LogP contribution is 2.16. The van der Waals surface area contributed by atoms with Gasteiger partial charge in [-0.15, -0.1) is 0 Å². The molecule has 1 rings (SSSR count). The maximum absolute atomic E-state index is 13.3. The van der Waals surface area contributed by atoms with E-state index in [-0.39, 0.29) is 23.6 Å². The third kappa shape index (κ3) is 3.03. The van der Waals surface area contributed by atoms with Gasteiger partial charge in [0.15, 0.2) is 0 Å². The second kappa shape index (κ2) is 5.07. The summed E-state index contributed by atoms with van der Waals surface area (Å²) in [5.41, 5.74) is 6.70. The molecule has 3 N–H and O–H groups in total. The van der Waals surface area contributed by atoms with Crippen LogP contribution in [-0.4, -0.2) is 11.9 Å². The summed E-state index contributed by atoms with van der Waals surface area (Å²) in [6.45, 7) is 5.30. The van der Waals surface area contributed by atoms with Crippen LogP contribution < -0.4 is 11.1 Å². The van der Waals surface area contributed by atoms with E-state index in [0.717, 1.165) is 5.56 Å². The summed E-state index contributed by atoms with van der Waals surface area (Å²) in [6, 6.07) is 4.33. The molecule has 0 aliphatic rings. The Hall–Kier alpha value is -1.42. The molecule has 0 aliphatic carbocycles. The van der Waals surface area contributed by atoms with Crippen LogP contribution in [0.1, 0.15) is 19.4 Å². The number of carbonyl (C=O) groups excluding carboxylic acids is 1. The van der Waals surface area contributed by atoms with Crippen LogP contribution in [0.5, 0.6) is 0 Å². The first-order chi connectivity index (χ1) is 7.41. The van der Waals surface area contributed by atoms with E-state index in [1.807, 2.05) is 6.92 Å². The third-order valence-corrected chi connectivity index (χ3v) is 2.58. The van der Waals surface area contributed by atoms with E-state index in [2.05, 4.69) is 5.32 Å². The van der Waals surface area contributed by atoms with Crippen LogP contribution >= 0.6 is 0 Å². The van der Waals surface area contributed by atoms with Gasteiger partial charge in [0.2, 0.25) is 5.91 Å². The highest BCUT2D eigenvalue weighted by Gasteiger charge is 2.18. The topological polar surface area (TPSA) is 55.1 Å². The number of rotatable bonds is 3. The molecule has 1 aromatic rings. The fraction of sp³-hybridized carbons (Fsp3) is 0.417. The fourth-order valence-corrected chi connectivity index (χ4v) is 1.22. The van der Waals surface area contributed by atoms with Gasteiger partial charge in [-0.3, -0.25) is 4.79 Å². The molecule has 0 spiro atoms. The van der Waals surface area contributed by atoms with Gasteiger partial charge >= 0.3 is 0 Å². The summed E-state index contributed by atoms with van der Waals surface area (Å²) >= 11 is 0. The first kappa shape index (κ1) is 12.6. The molecule has 0 heterocycles. The first-order valence-electron chi connectivity index (χ1n) is 5.24. The molecular weight excluding hydrogens is 207 g/mol. The van der Waals surface area contributed by atoms with Crippen molar-refractivity contribution >= 4 is 11.6 Å². The van der Waals surface area contributed by atoms with Gasteiger partial charge in [-0.1, -0.05) is 13.0 Å². The van der Waals surface area contributed by atoms with Gasteiger partial charge in [0.05, 0.1) is 11.6 Å². The molecule has 16 heavy (non-hydrogen) atoms. The Labute approximate surface area is 94.8 Å². The van der Waals surface area contributed by atoms with Crippen LogP contribution in [0.15, 0.2) is 18.2 Å². The standard InChI is InChI=1S/C12H17FN2O/c1-7-4-5-10(13)11(6-7)15-12(16)8(2)9(3)14/h4-6,8-9H,14H2,1-3H3,(H,15,16). The largest absolute Gasteiger partial charge is 0.327 e. The fourth-order valence-electron chi connectivity index (χ4n) is 1.22. The first-order valence-corrected chi connectivity index (χ1v) is 5.24. The number of amides is 1. The van der Waals surface area contributed by atoms with Gasteiger partial charge in [0, 0.05) is 6.04 Å². The Morgan fingerprint density at radius 2 is 2.06 bits per heavy atom. The molecule has 88 valence electrons. The van der Waals surface area contributed by atoms with Crippen molar-refractivity contribution in [3.63, 3.8) is 0 Å². The predicted molar refractivity (Wildman–Crippen MR) is 62.6 cm³/mol. The molecule has 4 heteroatoms. The van der Waals surface area contributed by atoms with E-state index in [0.29, 0.717) is 0 Å². The molecule has 0 aliphatic heterocycles. The molecule has 3 nitrogen and oxygen atoms in total. The third-order valence-electron chi connectivity index (χ3n) is 2.58. The molecule has 1 amide bonds. The molecular formula is C12H17FN2O. The normalized spacial score (nSPS) is 14.3. The summed E-state index contributed by atoms with van der Waals surface area (Å²) in [5.74, 6) is -1.05. The van der Waals surface area contributed by atoms with E-state index >= 15 is 0 Å². The van der Waals surface area contributed by atoms with Crippen molar-refractivity contribution in [2.75, 3.05) is 5.32 Å². The molecule has 0 saturated heterocycles. The van der Waals surface area contributed by atoms with Crippen molar-refractivity contribution in [3.8, 4) is 0 Å². The SMILES string of the molecule is Cc1ccc(F)c(NC(=O)C(C)C(C)N)c1. The smallest absolute Gasteiger partial charge is 0.228 e. The van der Waals surface area contributed by atoms with Crippen LogP contribution in [0.25, 0.3) is 0 Å². The minimum absolute atomic E-state index is 0.206. The lowest BCUT2D eigenvalue weighted by Gasteiger charge is -2.15. The average molecular weight is 224 g/mol. The number of carbonyl (C=O) groups is 1. The van der Waals surface area contributed by atoms with Crippen molar-refractivity contribution < 1.29 is 9.18 Å². The molecule has 0 radical (unpaired) electrons. The lowest BCUT2D eigenvalue weighted by atomic mass is 10.0. The summed E-state index contributed by atoms with van der Waals surface area (Å²) in [5, 5.41) is 2.54. The lowest BCUT2D eigenvalue weighted by Crippen LogP contribution is -2.34. The summed E-state index contributed by atoms with van der Waals surface area (Å²) in [4.78, 5) is 11.7. The highest BCUT2D eigenvalue weighted by molar-refractivity contribution is 5.92. The molecule has 0 saturated carbocycles. The molecule has 1 aromatic carbocycles. The average Bonchev–Trinajstić information content (AvgIpc) is 2.22. The van der Waals surface area contributed by atoms with Gasteiger partial charge in [-0.2, -0.15) is 0 Å². The number of nitrogens with two attached hydrogens (primary N) is 1. The van der Waals surface area contributed by atoms with Crippen molar-refractivity contribution in [2.24, 2.45) is 11.7 Å². The molecule has 2 atom stereocenters. The van der Waals surface area contributed by atoms with Crippen molar-refractivity contribution in [3.05, 3.63) is 29.6 Å². The van der Waals surface area contributed by atoms with Crippen LogP contribution in [0.4, 0.5) is 10.1 Å². The Balaban J connectivity index is 2.80. The summed E-state index contributed by atoms with van der Waals surface area (Å²) in [7, 11) is 0. The molecule has 0 bridgehead atoms. The monoisotopic (exact) mass is 224 g/mol. The minimum Gasteiger partial charge on any atom is -0.327 e. The van der Waals surface area contributed by atoms with Gasteiger partial charge in [0.25, 0.3) is 0 Å². The highest BCUT2D eigenvalue weighted by atomic mass is 19.1. The lowest BCUT2D eigenvalue weighted by molar-refractivity contribution is -0.119. The Bertz CT molecular complexity index is 391. The zero-order chi connectivity index (χ0) is 12.3. The molecule has 2 unspecified atom stereocenters. The summed E-state index contributed by atoms with van der Waals surface area (Å²) in [6.07, 6.45) is 0. The second-order valence-electron chi connectivity index (χ2n) is 4.12. The molecule has 0 fully saturated rings. The van der Waals surface area contributed by atoms with E-state index < -0.39 is 5.82 Å². The van der Waals surface area contributed by atoms with Crippen molar-refractivity contribution in [2.45, 2.75) is 26.8 Å². The van der Waals surface area contributed by atoms with Gasteiger partial charge < -0.3 is 11.1 Å². The van der Waals surface area contributed by atoms with Gasteiger partial charge in [0.1, 0.15) is 5.82 Å². The van der Waals surface area contributed by atoms with E-state index in [1.54, 1.807) is 26.0 Å². The molecule has 0 aromatic heterocycles. The number of hydrogen-bond donors (Lipinski definition) is 2. The predicted octanol–water partition coefficient (Wildman–Crippen LogP) is 2.06. The number of aryl methyl sites for hydroxylation is 1.